The maximum absolute atomic E-state index is 11.3. The van der Waals surface area contributed by atoms with Crippen LogP contribution in [0.3, 0.4) is 0 Å². The molecular formula is C23H21ClN4O4. The molecular weight excluding hydrogens is 432 g/mol. The van der Waals surface area contributed by atoms with Gasteiger partial charge in [-0.05, 0) is 36.2 Å². The summed E-state index contributed by atoms with van der Waals surface area (Å²) in [6.45, 7) is 1.39. The Bertz CT molecular complexity index is 1260. The monoisotopic (exact) mass is 452 g/mol. The summed E-state index contributed by atoms with van der Waals surface area (Å²) in [6, 6.07) is 13.8. The number of halogens is 1. The molecule has 2 aromatic carbocycles. The molecule has 0 bridgehead atoms. The normalized spacial score (nSPS) is 11.0. The molecule has 0 saturated heterocycles. The van der Waals surface area contributed by atoms with Crippen molar-refractivity contribution >= 4 is 34.3 Å². The third kappa shape index (κ3) is 4.82. The number of carbonyl (C=O) groups is 1. The first-order chi connectivity index (χ1) is 15.5. The number of benzene rings is 2. The number of nitrogens with two attached hydrogens (primary N) is 1. The minimum absolute atomic E-state index is 0.300. The number of carboxylic acid groups (broad SMARTS) is 1. The van der Waals surface area contributed by atoms with Crippen LogP contribution in [0.15, 0.2) is 61.1 Å². The van der Waals surface area contributed by atoms with Gasteiger partial charge in [0.2, 0.25) is 5.88 Å². The molecule has 164 valence electrons. The Hall–Kier alpha value is -3.62. The van der Waals surface area contributed by atoms with Crippen LogP contribution in [0.4, 0.5) is 5.69 Å². The van der Waals surface area contributed by atoms with E-state index < -0.39 is 5.97 Å². The van der Waals surface area contributed by atoms with Crippen molar-refractivity contribution in [1.29, 1.82) is 0 Å². The molecule has 3 N–H and O–H groups in total. The fourth-order valence-electron chi connectivity index (χ4n) is 3.34. The lowest BCUT2D eigenvalue weighted by Gasteiger charge is -2.11. The molecule has 0 aliphatic heterocycles. The summed E-state index contributed by atoms with van der Waals surface area (Å²) in [5.74, 6) is -0.0177. The SMILES string of the molecule is Nc1ccc(Oc2ncnc3ccn(CCOCCc4ccccc4C(=O)O)c23)cc1Cl. The van der Waals surface area contributed by atoms with Crippen LogP contribution in [0.5, 0.6) is 11.6 Å². The Balaban J connectivity index is 1.41. The summed E-state index contributed by atoms with van der Waals surface area (Å²) in [5.41, 5.74) is 8.76. The van der Waals surface area contributed by atoms with Gasteiger partial charge in [0, 0.05) is 18.8 Å². The van der Waals surface area contributed by atoms with Gasteiger partial charge in [-0.2, -0.15) is 4.98 Å². The molecule has 0 fully saturated rings. The van der Waals surface area contributed by atoms with Crippen molar-refractivity contribution in [2.45, 2.75) is 13.0 Å². The zero-order valence-corrected chi connectivity index (χ0v) is 17.8. The first-order valence-electron chi connectivity index (χ1n) is 9.94. The van der Waals surface area contributed by atoms with Gasteiger partial charge in [0.15, 0.2) is 0 Å². The lowest BCUT2D eigenvalue weighted by atomic mass is 10.1. The highest BCUT2D eigenvalue weighted by molar-refractivity contribution is 6.33. The summed E-state index contributed by atoms with van der Waals surface area (Å²) in [6.07, 6.45) is 3.85. The molecule has 0 atom stereocenters. The minimum Gasteiger partial charge on any atom is -0.478 e. The number of carboxylic acids is 1. The number of fused-ring (bicyclic) bond motifs is 1. The number of anilines is 1. The Kier molecular flexibility index (Phi) is 6.53. The van der Waals surface area contributed by atoms with Gasteiger partial charge in [0.05, 0.1) is 35.0 Å². The van der Waals surface area contributed by atoms with Crippen molar-refractivity contribution in [3.05, 3.63) is 77.2 Å². The maximum atomic E-state index is 11.3. The first kappa shape index (κ1) is 21.6. The molecule has 0 saturated carbocycles. The highest BCUT2D eigenvalue weighted by Gasteiger charge is 2.13. The molecule has 32 heavy (non-hydrogen) atoms. The van der Waals surface area contributed by atoms with Crippen LogP contribution in [0.25, 0.3) is 11.0 Å². The Morgan fingerprint density at radius 1 is 1.12 bits per heavy atom. The van der Waals surface area contributed by atoms with Gasteiger partial charge in [0.25, 0.3) is 0 Å². The highest BCUT2D eigenvalue weighted by atomic mass is 35.5. The van der Waals surface area contributed by atoms with Gasteiger partial charge in [-0.1, -0.05) is 29.8 Å². The van der Waals surface area contributed by atoms with Gasteiger partial charge in [0.1, 0.15) is 17.6 Å². The molecule has 0 radical (unpaired) electrons. The minimum atomic E-state index is -0.936. The molecule has 0 aliphatic carbocycles. The number of ether oxygens (including phenoxy) is 2. The van der Waals surface area contributed by atoms with E-state index in [4.69, 9.17) is 26.8 Å². The smallest absolute Gasteiger partial charge is 0.335 e. The van der Waals surface area contributed by atoms with Crippen LogP contribution in [0.1, 0.15) is 15.9 Å². The van der Waals surface area contributed by atoms with Crippen LogP contribution in [0.2, 0.25) is 5.02 Å². The topological polar surface area (TPSA) is 112 Å². The predicted octanol–water partition coefficient (Wildman–Crippen LogP) is 4.42. The van der Waals surface area contributed by atoms with Crippen molar-refractivity contribution < 1.29 is 19.4 Å². The second kappa shape index (κ2) is 9.67. The van der Waals surface area contributed by atoms with Crippen LogP contribution in [-0.2, 0) is 17.7 Å². The van der Waals surface area contributed by atoms with E-state index in [9.17, 15) is 9.90 Å². The fraction of sp³-hybridized carbons (Fsp3) is 0.174. The number of hydrogen-bond donors (Lipinski definition) is 2. The fourth-order valence-corrected chi connectivity index (χ4v) is 3.51. The number of hydrogen-bond acceptors (Lipinski definition) is 6. The molecule has 0 unspecified atom stereocenters. The van der Waals surface area contributed by atoms with Crippen LogP contribution < -0.4 is 10.5 Å². The largest absolute Gasteiger partial charge is 0.478 e. The summed E-state index contributed by atoms with van der Waals surface area (Å²) >= 11 is 6.09. The van der Waals surface area contributed by atoms with E-state index >= 15 is 0 Å². The molecule has 0 aliphatic rings. The number of aromatic carboxylic acids is 1. The third-order valence-electron chi connectivity index (χ3n) is 4.94. The van der Waals surface area contributed by atoms with Crippen LogP contribution in [-0.4, -0.2) is 38.8 Å². The third-order valence-corrected chi connectivity index (χ3v) is 5.27. The van der Waals surface area contributed by atoms with E-state index in [0.29, 0.717) is 54.1 Å². The van der Waals surface area contributed by atoms with Crippen molar-refractivity contribution in [2.24, 2.45) is 0 Å². The summed E-state index contributed by atoms with van der Waals surface area (Å²) < 4.78 is 13.6. The van der Waals surface area contributed by atoms with Gasteiger partial charge in [-0.15, -0.1) is 0 Å². The number of nitrogens with zero attached hydrogens (tertiary/aromatic N) is 3. The highest BCUT2D eigenvalue weighted by Crippen LogP contribution is 2.30. The Morgan fingerprint density at radius 2 is 1.97 bits per heavy atom. The quantitative estimate of drug-likeness (QED) is 0.285. The zero-order valence-electron chi connectivity index (χ0n) is 17.1. The van der Waals surface area contributed by atoms with Crippen molar-refractivity contribution in [2.75, 3.05) is 18.9 Å². The predicted molar refractivity (Wildman–Crippen MR) is 121 cm³/mol. The standard InChI is InChI=1S/C23H21ClN4O4/c24-18-13-16(5-6-19(18)25)32-22-21-20(26-14-27-22)7-9-28(21)10-12-31-11-8-15-3-1-2-4-17(15)23(29)30/h1-7,9,13-14H,8,10-12,25H2,(H,29,30). The zero-order chi connectivity index (χ0) is 22.5. The lowest BCUT2D eigenvalue weighted by Crippen LogP contribution is -2.10. The van der Waals surface area contributed by atoms with E-state index in [1.165, 1.54) is 6.33 Å². The van der Waals surface area contributed by atoms with Crippen LogP contribution >= 0.6 is 11.6 Å². The molecule has 2 aromatic heterocycles. The Morgan fingerprint density at radius 3 is 2.78 bits per heavy atom. The number of nitrogen functional groups attached to an aromatic ring is 1. The van der Waals surface area contributed by atoms with E-state index in [1.807, 2.05) is 22.9 Å². The van der Waals surface area contributed by atoms with Crippen molar-refractivity contribution in [1.82, 2.24) is 14.5 Å². The second-order valence-electron chi connectivity index (χ2n) is 7.03. The molecule has 9 heteroatoms. The molecule has 0 spiro atoms. The number of rotatable bonds is 9. The lowest BCUT2D eigenvalue weighted by molar-refractivity contribution is 0.0694. The van der Waals surface area contributed by atoms with Crippen molar-refractivity contribution in [3.63, 3.8) is 0 Å². The second-order valence-corrected chi connectivity index (χ2v) is 7.44. The molecule has 0 amide bonds. The summed E-state index contributed by atoms with van der Waals surface area (Å²) in [4.78, 5) is 19.9. The average molecular weight is 453 g/mol. The summed E-state index contributed by atoms with van der Waals surface area (Å²) in [7, 11) is 0. The Labute approximate surface area is 189 Å². The van der Waals surface area contributed by atoms with Gasteiger partial charge in [-0.25, -0.2) is 9.78 Å². The average Bonchev–Trinajstić information content (AvgIpc) is 3.20. The maximum Gasteiger partial charge on any atom is 0.335 e. The first-order valence-corrected chi connectivity index (χ1v) is 10.3. The molecule has 8 nitrogen and oxygen atoms in total. The van der Waals surface area contributed by atoms with E-state index in [2.05, 4.69) is 9.97 Å². The van der Waals surface area contributed by atoms with Gasteiger partial charge in [-0.3, -0.25) is 0 Å². The van der Waals surface area contributed by atoms with Crippen LogP contribution in [0, 0.1) is 0 Å². The van der Waals surface area contributed by atoms with E-state index in [-0.39, 0.29) is 0 Å². The number of aromatic nitrogens is 3. The molecule has 2 heterocycles. The summed E-state index contributed by atoms with van der Waals surface area (Å²) in [5, 5.41) is 9.68. The van der Waals surface area contributed by atoms with Gasteiger partial charge < -0.3 is 24.9 Å². The van der Waals surface area contributed by atoms with Gasteiger partial charge >= 0.3 is 5.97 Å². The van der Waals surface area contributed by atoms with Crippen molar-refractivity contribution in [3.8, 4) is 11.6 Å². The van der Waals surface area contributed by atoms with E-state index in [1.54, 1.807) is 36.4 Å². The molecule has 4 aromatic rings. The molecule has 4 rings (SSSR count). The van der Waals surface area contributed by atoms with E-state index in [0.717, 1.165) is 16.6 Å².